The van der Waals surface area contributed by atoms with Crippen LogP contribution in [0.1, 0.15) is 15.9 Å². The van der Waals surface area contributed by atoms with Crippen LogP contribution >= 0.6 is 12.2 Å². The van der Waals surface area contributed by atoms with Gasteiger partial charge in [-0.15, -0.1) is 0 Å². The summed E-state index contributed by atoms with van der Waals surface area (Å²) in [5, 5.41) is 11.9. The fourth-order valence-corrected chi connectivity index (χ4v) is 3.76. The van der Waals surface area contributed by atoms with Gasteiger partial charge in [0.2, 0.25) is 0 Å². The minimum absolute atomic E-state index is 0.0540. The van der Waals surface area contributed by atoms with Crippen LogP contribution in [-0.2, 0) is 5.72 Å². The number of nitrogens with zero attached hydrogens (tertiary/aromatic N) is 2. The van der Waals surface area contributed by atoms with Crippen molar-refractivity contribution >= 4 is 28.9 Å². The van der Waals surface area contributed by atoms with E-state index in [1.807, 2.05) is 78.9 Å². The number of hydrogen-bond donors (Lipinski definition) is 1. The molecule has 0 aliphatic carbocycles. The molecule has 1 aliphatic rings. The van der Waals surface area contributed by atoms with Crippen molar-refractivity contribution in [3.63, 3.8) is 0 Å². The monoisotopic (exact) mass is 374 g/mol. The van der Waals surface area contributed by atoms with Gasteiger partial charge in [-0.1, -0.05) is 66.7 Å². The molecule has 1 heterocycles. The van der Waals surface area contributed by atoms with Crippen LogP contribution in [0.25, 0.3) is 0 Å². The molecule has 0 unspecified atom stereocenters. The van der Waals surface area contributed by atoms with E-state index in [0.717, 1.165) is 5.69 Å². The Morgan fingerprint density at radius 3 is 1.96 bits per heavy atom. The summed E-state index contributed by atoms with van der Waals surface area (Å²) in [6, 6.07) is 27.7. The van der Waals surface area contributed by atoms with Crippen LogP contribution in [0, 0.1) is 0 Å². The van der Waals surface area contributed by atoms with Gasteiger partial charge in [-0.3, -0.25) is 14.6 Å². The number of rotatable bonds is 3. The SMILES string of the molecule is O=C(c1ccccc1)N1C[C@@](O)(c2ccccc2)N(c2ccccc2)C1=S. The minimum atomic E-state index is -1.44. The Hall–Kier alpha value is -3.02. The van der Waals surface area contributed by atoms with Crippen LogP contribution in [0.2, 0.25) is 0 Å². The smallest absolute Gasteiger partial charge is 0.260 e. The Morgan fingerprint density at radius 1 is 0.852 bits per heavy atom. The molecule has 3 aromatic rings. The van der Waals surface area contributed by atoms with Gasteiger partial charge in [-0.25, -0.2) is 0 Å². The summed E-state index contributed by atoms with van der Waals surface area (Å²) in [4.78, 5) is 16.2. The Labute approximate surface area is 163 Å². The fourth-order valence-electron chi connectivity index (χ4n) is 3.36. The van der Waals surface area contributed by atoms with Crippen molar-refractivity contribution in [3.8, 4) is 0 Å². The van der Waals surface area contributed by atoms with E-state index in [-0.39, 0.29) is 17.6 Å². The number of aliphatic hydroxyl groups is 1. The first-order valence-corrected chi connectivity index (χ1v) is 9.06. The van der Waals surface area contributed by atoms with Gasteiger partial charge in [0.15, 0.2) is 10.8 Å². The number of anilines is 1. The van der Waals surface area contributed by atoms with Gasteiger partial charge in [0.05, 0.1) is 6.54 Å². The second-order valence-electron chi connectivity index (χ2n) is 6.39. The van der Waals surface area contributed by atoms with Crippen molar-refractivity contribution in [1.82, 2.24) is 4.90 Å². The van der Waals surface area contributed by atoms with Crippen molar-refractivity contribution in [1.29, 1.82) is 0 Å². The maximum absolute atomic E-state index is 13.1. The molecule has 1 saturated heterocycles. The Morgan fingerprint density at radius 2 is 1.37 bits per heavy atom. The van der Waals surface area contributed by atoms with Crippen LogP contribution in [-0.4, -0.2) is 27.6 Å². The van der Waals surface area contributed by atoms with Gasteiger partial charge < -0.3 is 5.11 Å². The number of carbonyl (C=O) groups excluding carboxylic acids is 1. The molecule has 1 amide bonds. The normalized spacial score (nSPS) is 19.4. The van der Waals surface area contributed by atoms with Gasteiger partial charge in [-0.05, 0) is 36.5 Å². The van der Waals surface area contributed by atoms with Crippen LogP contribution in [0.15, 0.2) is 91.0 Å². The number of carbonyl (C=O) groups is 1. The molecule has 0 bridgehead atoms. The molecule has 27 heavy (non-hydrogen) atoms. The van der Waals surface area contributed by atoms with Crippen molar-refractivity contribution in [3.05, 3.63) is 102 Å². The van der Waals surface area contributed by atoms with Crippen LogP contribution < -0.4 is 4.90 Å². The number of amides is 1. The van der Waals surface area contributed by atoms with Gasteiger partial charge >= 0.3 is 0 Å². The average Bonchev–Trinajstić information content (AvgIpc) is 3.01. The van der Waals surface area contributed by atoms with Crippen molar-refractivity contribution < 1.29 is 9.90 Å². The molecule has 5 heteroatoms. The topological polar surface area (TPSA) is 43.8 Å². The molecule has 0 saturated carbocycles. The molecule has 1 fully saturated rings. The summed E-state index contributed by atoms with van der Waals surface area (Å²) in [6.07, 6.45) is 0. The van der Waals surface area contributed by atoms with E-state index >= 15 is 0 Å². The molecule has 3 aromatic carbocycles. The number of β-amino-alcohol motifs (C(OH)–C–C–N with tert-alkyl or cyclic N) is 1. The van der Waals surface area contributed by atoms with Gasteiger partial charge in [0.25, 0.3) is 5.91 Å². The summed E-state index contributed by atoms with van der Waals surface area (Å²) in [7, 11) is 0. The molecule has 1 atom stereocenters. The summed E-state index contributed by atoms with van der Waals surface area (Å²) in [5.41, 5.74) is 0.506. The molecular formula is C22H18N2O2S. The van der Waals surface area contributed by atoms with Crippen molar-refractivity contribution in [2.45, 2.75) is 5.72 Å². The highest BCUT2D eigenvalue weighted by molar-refractivity contribution is 7.80. The molecule has 0 spiro atoms. The van der Waals surface area contributed by atoms with Gasteiger partial charge in [0, 0.05) is 16.8 Å². The van der Waals surface area contributed by atoms with E-state index in [2.05, 4.69) is 0 Å². The summed E-state index contributed by atoms with van der Waals surface area (Å²) in [5.74, 6) is -0.228. The Bertz CT molecular complexity index is 963. The zero-order valence-corrected chi connectivity index (χ0v) is 15.3. The number of para-hydroxylation sites is 1. The van der Waals surface area contributed by atoms with E-state index in [1.54, 1.807) is 17.0 Å². The standard InChI is InChI=1S/C22H18N2O2S/c25-20(17-10-4-1-5-11-17)23-16-22(26,18-12-6-2-7-13-18)24(21(23)27)19-14-8-3-9-15-19/h1-15,26H,16H2/t22-/m1/s1. The molecule has 0 aromatic heterocycles. The third kappa shape index (κ3) is 3.01. The highest BCUT2D eigenvalue weighted by atomic mass is 32.1. The molecule has 1 N–H and O–H groups in total. The van der Waals surface area contributed by atoms with E-state index in [1.165, 1.54) is 4.90 Å². The number of hydrogen-bond acceptors (Lipinski definition) is 3. The Kier molecular flexibility index (Phi) is 4.48. The van der Waals surface area contributed by atoms with E-state index in [4.69, 9.17) is 12.2 Å². The Balaban J connectivity index is 1.80. The molecule has 134 valence electrons. The minimum Gasteiger partial charge on any atom is -0.365 e. The zero-order valence-electron chi connectivity index (χ0n) is 14.5. The largest absolute Gasteiger partial charge is 0.365 e. The van der Waals surface area contributed by atoms with Crippen molar-refractivity contribution in [2.75, 3.05) is 11.4 Å². The van der Waals surface area contributed by atoms with Gasteiger partial charge in [0.1, 0.15) is 0 Å². The predicted octanol–water partition coefficient (Wildman–Crippen LogP) is 3.78. The van der Waals surface area contributed by atoms with Crippen LogP contribution in [0.5, 0.6) is 0 Å². The van der Waals surface area contributed by atoms with E-state index in [0.29, 0.717) is 11.1 Å². The van der Waals surface area contributed by atoms with Crippen LogP contribution in [0.3, 0.4) is 0 Å². The van der Waals surface area contributed by atoms with E-state index < -0.39 is 5.72 Å². The first kappa shape index (κ1) is 17.4. The highest BCUT2D eigenvalue weighted by Gasteiger charge is 2.50. The zero-order chi connectivity index (χ0) is 18.9. The molecule has 1 aliphatic heterocycles. The number of thiocarbonyl (C=S) groups is 1. The second-order valence-corrected chi connectivity index (χ2v) is 6.76. The average molecular weight is 374 g/mol. The summed E-state index contributed by atoms with van der Waals surface area (Å²) < 4.78 is 0. The summed E-state index contributed by atoms with van der Waals surface area (Å²) in [6.45, 7) is 0.0540. The van der Waals surface area contributed by atoms with Crippen LogP contribution in [0.4, 0.5) is 5.69 Å². The lowest BCUT2D eigenvalue weighted by Crippen LogP contribution is -2.44. The third-order valence-electron chi connectivity index (χ3n) is 4.69. The molecule has 4 nitrogen and oxygen atoms in total. The predicted molar refractivity (Wildman–Crippen MR) is 109 cm³/mol. The van der Waals surface area contributed by atoms with E-state index in [9.17, 15) is 9.90 Å². The lowest BCUT2D eigenvalue weighted by Gasteiger charge is -2.33. The second kappa shape index (κ2) is 6.95. The maximum atomic E-state index is 13.1. The maximum Gasteiger partial charge on any atom is 0.260 e. The fraction of sp³-hybridized carbons (Fsp3) is 0.0909. The first-order chi connectivity index (χ1) is 13.1. The first-order valence-electron chi connectivity index (χ1n) is 8.65. The molecular weight excluding hydrogens is 356 g/mol. The third-order valence-corrected chi connectivity index (χ3v) is 5.09. The van der Waals surface area contributed by atoms with Gasteiger partial charge in [-0.2, -0.15) is 0 Å². The summed E-state index contributed by atoms with van der Waals surface area (Å²) >= 11 is 5.64. The lowest BCUT2D eigenvalue weighted by atomic mass is 10.0. The quantitative estimate of drug-likeness (QED) is 0.709. The highest BCUT2D eigenvalue weighted by Crippen LogP contribution is 2.38. The number of benzene rings is 3. The molecule has 4 rings (SSSR count). The van der Waals surface area contributed by atoms with Crippen molar-refractivity contribution in [2.24, 2.45) is 0 Å². The lowest BCUT2D eigenvalue weighted by molar-refractivity contribution is 0.0432. The molecule has 0 radical (unpaired) electrons.